The fourth-order valence-corrected chi connectivity index (χ4v) is 4.25. The number of piperazine rings is 1. The van der Waals surface area contributed by atoms with E-state index in [-0.39, 0.29) is 5.91 Å². The Balaban J connectivity index is 1.43. The second-order valence-corrected chi connectivity index (χ2v) is 7.58. The number of aromatic nitrogens is 1. The summed E-state index contributed by atoms with van der Waals surface area (Å²) in [6.45, 7) is 6.48. The molecule has 0 bridgehead atoms. The van der Waals surface area contributed by atoms with Crippen molar-refractivity contribution < 1.29 is 9.53 Å². The van der Waals surface area contributed by atoms with Crippen molar-refractivity contribution in [1.82, 2.24) is 9.88 Å². The van der Waals surface area contributed by atoms with Gasteiger partial charge in [-0.3, -0.25) is 4.79 Å². The van der Waals surface area contributed by atoms with Crippen LogP contribution in [0.5, 0.6) is 5.75 Å². The lowest BCUT2D eigenvalue weighted by atomic mass is 10.0. The van der Waals surface area contributed by atoms with Gasteiger partial charge in [0.2, 0.25) is 0 Å². The SMILES string of the molecule is C=COc1cccc(N2CCN(C(=O)c3c4ccccc4nc4ccccc34)CC2)c1. The lowest BCUT2D eigenvalue weighted by molar-refractivity contribution is 0.0750. The van der Waals surface area contributed by atoms with Gasteiger partial charge in [-0.15, -0.1) is 0 Å². The van der Waals surface area contributed by atoms with E-state index in [1.54, 1.807) is 0 Å². The predicted octanol–water partition coefficient (Wildman–Crippen LogP) is 4.87. The fraction of sp³-hybridized carbons (Fsp3) is 0.154. The first-order valence-electron chi connectivity index (χ1n) is 10.4. The molecule has 1 aliphatic rings. The van der Waals surface area contributed by atoms with E-state index < -0.39 is 0 Å². The molecule has 0 spiro atoms. The van der Waals surface area contributed by atoms with E-state index in [1.807, 2.05) is 71.6 Å². The maximum atomic E-state index is 13.7. The van der Waals surface area contributed by atoms with Crippen molar-refractivity contribution in [2.45, 2.75) is 0 Å². The number of carbonyl (C=O) groups is 1. The number of amides is 1. The molecule has 0 N–H and O–H groups in total. The van der Waals surface area contributed by atoms with Crippen LogP contribution in [0.25, 0.3) is 21.8 Å². The molecule has 0 saturated carbocycles. The number of hydrogen-bond donors (Lipinski definition) is 0. The summed E-state index contributed by atoms with van der Waals surface area (Å²) in [6.07, 6.45) is 1.43. The fourth-order valence-electron chi connectivity index (χ4n) is 4.25. The van der Waals surface area contributed by atoms with E-state index in [0.717, 1.165) is 51.9 Å². The molecule has 5 nitrogen and oxygen atoms in total. The van der Waals surface area contributed by atoms with E-state index in [9.17, 15) is 4.79 Å². The molecule has 1 saturated heterocycles. The predicted molar refractivity (Wildman–Crippen MR) is 125 cm³/mol. The van der Waals surface area contributed by atoms with Gasteiger partial charge >= 0.3 is 0 Å². The van der Waals surface area contributed by atoms with Gasteiger partial charge in [0.25, 0.3) is 5.91 Å². The van der Waals surface area contributed by atoms with Crippen LogP contribution >= 0.6 is 0 Å². The molecule has 0 radical (unpaired) electrons. The van der Waals surface area contributed by atoms with Gasteiger partial charge in [-0.05, 0) is 24.3 Å². The number of hydrogen-bond acceptors (Lipinski definition) is 4. The average molecular weight is 409 g/mol. The third-order valence-corrected chi connectivity index (χ3v) is 5.77. The van der Waals surface area contributed by atoms with Crippen molar-refractivity contribution in [2.75, 3.05) is 31.1 Å². The molecule has 0 aliphatic carbocycles. The summed E-state index contributed by atoms with van der Waals surface area (Å²) in [6, 6.07) is 23.7. The largest absolute Gasteiger partial charge is 0.466 e. The van der Waals surface area contributed by atoms with Crippen molar-refractivity contribution in [3.8, 4) is 5.75 Å². The van der Waals surface area contributed by atoms with E-state index in [4.69, 9.17) is 9.72 Å². The van der Waals surface area contributed by atoms with Crippen LogP contribution in [0.15, 0.2) is 85.6 Å². The first-order chi connectivity index (χ1) is 15.2. The van der Waals surface area contributed by atoms with Gasteiger partial charge in [0.15, 0.2) is 0 Å². The minimum atomic E-state index is 0.0678. The van der Waals surface area contributed by atoms with Crippen molar-refractivity contribution in [1.29, 1.82) is 0 Å². The molecular weight excluding hydrogens is 386 g/mol. The number of carbonyl (C=O) groups excluding carboxylic acids is 1. The molecule has 1 aromatic heterocycles. The molecule has 0 unspecified atom stereocenters. The zero-order valence-corrected chi connectivity index (χ0v) is 17.2. The first kappa shape index (κ1) is 19.1. The molecule has 154 valence electrons. The van der Waals surface area contributed by atoms with Crippen molar-refractivity contribution in [2.24, 2.45) is 0 Å². The van der Waals surface area contributed by atoms with Crippen LogP contribution in [0, 0.1) is 0 Å². The van der Waals surface area contributed by atoms with Gasteiger partial charge in [0.05, 0.1) is 22.9 Å². The maximum Gasteiger partial charge on any atom is 0.255 e. The van der Waals surface area contributed by atoms with Gasteiger partial charge in [-0.2, -0.15) is 0 Å². The molecule has 1 aliphatic heterocycles. The number of pyridine rings is 1. The standard InChI is InChI=1S/C26H23N3O2/c1-2-31-20-9-7-8-19(18-20)28-14-16-29(17-15-28)26(30)25-21-10-3-5-12-23(21)27-24-13-6-4-11-22(24)25/h2-13,18H,1,14-17H2. The normalized spacial score (nSPS) is 14.1. The highest BCUT2D eigenvalue weighted by molar-refractivity contribution is 6.16. The zero-order valence-electron chi connectivity index (χ0n) is 17.2. The molecule has 5 heteroatoms. The summed E-state index contributed by atoms with van der Waals surface area (Å²) >= 11 is 0. The second kappa shape index (κ2) is 8.11. The molecule has 2 heterocycles. The minimum absolute atomic E-state index is 0.0678. The summed E-state index contributed by atoms with van der Waals surface area (Å²) < 4.78 is 5.40. The molecular formula is C26H23N3O2. The molecule has 4 aromatic rings. The number of ether oxygens (including phenoxy) is 1. The van der Waals surface area contributed by atoms with Crippen LogP contribution in [0.2, 0.25) is 0 Å². The number of para-hydroxylation sites is 2. The van der Waals surface area contributed by atoms with Gasteiger partial charge in [-0.1, -0.05) is 49.0 Å². The van der Waals surface area contributed by atoms with E-state index in [2.05, 4.69) is 17.5 Å². The highest BCUT2D eigenvalue weighted by atomic mass is 16.5. The van der Waals surface area contributed by atoms with Crippen molar-refractivity contribution >= 4 is 33.4 Å². The molecule has 3 aromatic carbocycles. The smallest absolute Gasteiger partial charge is 0.255 e. The van der Waals surface area contributed by atoms with Gasteiger partial charge in [-0.25, -0.2) is 4.98 Å². The Morgan fingerprint density at radius 1 is 0.871 bits per heavy atom. The lowest BCUT2D eigenvalue weighted by Gasteiger charge is -2.36. The lowest BCUT2D eigenvalue weighted by Crippen LogP contribution is -2.48. The second-order valence-electron chi connectivity index (χ2n) is 7.58. The third kappa shape index (κ3) is 3.59. The number of fused-ring (bicyclic) bond motifs is 2. The number of nitrogens with zero attached hydrogens (tertiary/aromatic N) is 3. The monoisotopic (exact) mass is 409 g/mol. The zero-order chi connectivity index (χ0) is 21.2. The van der Waals surface area contributed by atoms with E-state index >= 15 is 0 Å². The summed E-state index contributed by atoms with van der Waals surface area (Å²) in [4.78, 5) is 22.6. The Morgan fingerprint density at radius 3 is 2.16 bits per heavy atom. The minimum Gasteiger partial charge on any atom is -0.466 e. The molecule has 1 amide bonds. The highest BCUT2D eigenvalue weighted by Gasteiger charge is 2.25. The molecule has 5 rings (SSSR count). The average Bonchev–Trinajstić information content (AvgIpc) is 2.82. The summed E-state index contributed by atoms with van der Waals surface area (Å²) in [5, 5.41) is 1.81. The molecule has 31 heavy (non-hydrogen) atoms. The van der Waals surface area contributed by atoms with Gasteiger partial charge in [0, 0.05) is 48.7 Å². The topological polar surface area (TPSA) is 45.7 Å². The van der Waals surface area contributed by atoms with E-state index in [0.29, 0.717) is 13.1 Å². The summed E-state index contributed by atoms with van der Waals surface area (Å²) in [7, 11) is 0. The Hall–Kier alpha value is -3.86. The molecule has 0 atom stereocenters. The maximum absolute atomic E-state index is 13.7. The van der Waals surface area contributed by atoms with Crippen LogP contribution in [0.3, 0.4) is 0 Å². The Bertz CT molecular complexity index is 1220. The van der Waals surface area contributed by atoms with Crippen LogP contribution in [-0.4, -0.2) is 42.0 Å². The van der Waals surface area contributed by atoms with Crippen molar-refractivity contribution in [3.05, 3.63) is 91.2 Å². The highest BCUT2D eigenvalue weighted by Crippen LogP contribution is 2.28. The van der Waals surface area contributed by atoms with Crippen LogP contribution in [0.1, 0.15) is 10.4 Å². The van der Waals surface area contributed by atoms with Crippen LogP contribution in [-0.2, 0) is 0 Å². The van der Waals surface area contributed by atoms with Crippen molar-refractivity contribution in [3.63, 3.8) is 0 Å². The van der Waals surface area contributed by atoms with Gasteiger partial charge in [0.1, 0.15) is 5.75 Å². The Labute approximate surface area is 181 Å². The first-order valence-corrected chi connectivity index (χ1v) is 10.4. The number of rotatable bonds is 4. The number of benzene rings is 3. The molecule has 1 fully saturated rings. The quantitative estimate of drug-likeness (QED) is 0.356. The van der Waals surface area contributed by atoms with Gasteiger partial charge < -0.3 is 14.5 Å². The number of anilines is 1. The summed E-state index contributed by atoms with van der Waals surface area (Å²) in [5.41, 5.74) is 3.53. The van der Waals surface area contributed by atoms with Crippen LogP contribution < -0.4 is 9.64 Å². The third-order valence-electron chi connectivity index (χ3n) is 5.77. The van der Waals surface area contributed by atoms with E-state index in [1.165, 1.54) is 6.26 Å². The Morgan fingerprint density at radius 2 is 1.52 bits per heavy atom. The van der Waals surface area contributed by atoms with Crippen LogP contribution in [0.4, 0.5) is 5.69 Å². The summed E-state index contributed by atoms with van der Waals surface area (Å²) in [5.74, 6) is 0.832. The Kier molecular flexibility index (Phi) is 5.00.